The zero-order valence-corrected chi connectivity index (χ0v) is 13.3. The minimum Gasteiger partial charge on any atom is -0.458 e. The molecule has 0 bridgehead atoms. The zero-order chi connectivity index (χ0) is 16.0. The number of urea groups is 1. The third-order valence-corrected chi connectivity index (χ3v) is 2.68. The summed E-state index contributed by atoms with van der Waals surface area (Å²) < 4.78 is 5.38. The normalized spacial score (nSPS) is 12.4. The highest BCUT2D eigenvalue weighted by atomic mass is 16.6. The van der Waals surface area contributed by atoms with Gasteiger partial charge in [-0.15, -0.1) is 0 Å². The van der Waals surface area contributed by atoms with Gasteiger partial charge in [-0.25, -0.2) is 9.59 Å². The van der Waals surface area contributed by atoms with Crippen LogP contribution in [0.3, 0.4) is 0 Å². The number of amides is 2. The van der Waals surface area contributed by atoms with Gasteiger partial charge in [0.2, 0.25) is 0 Å². The first-order valence-corrected chi connectivity index (χ1v) is 6.93. The predicted molar refractivity (Wildman–Crippen MR) is 82.0 cm³/mol. The molecule has 0 aliphatic rings. The van der Waals surface area contributed by atoms with Gasteiger partial charge in [0.1, 0.15) is 11.6 Å². The standard InChI is InChI=1S/C16H24N2O3/c1-16(2,3)21-14(19)13(17-15(20)18(4)5)11-12-9-7-6-8-10-12/h6-10,13H,11H2,1-5H3,(H,17,20). The van der Waals surface area contributed by atoms with E-state index in [-0.39, 0.29) is 6.03 Å². The maximum Gasteiger partial charge on any atom is 0.329 e. The zero-order valence-electron chi connectivity index (χ0n) is 13.3. The molecule has 116 valence electrons. The first kappa shape index (κ1) is 17.0. The average molecular weight is 292 g/mol. The molecule has 0 saturated carbocycles. The average Bonchev–Trinajstić information content (AvgIpc) is 2.36. The predicted octanol–water partition coefficient (Wildman–Crippen LogP) is 2.21. The molecule has 1 atom stereocenters. The lowest BCUT2D eigenvalue weighted by Gasteiger charge is -2.25. The smallest absolute Gasteiger partial charge is 0.329 e. The van der Waals surface area contributed by atoms with Crippen LogP contribution < -0.4 is 5.32 Å². The molecular weight excluding hydrogens is 268 g/mol. The molecule has 0 aromatic heterocycles. The van der Waals surface area contributed by atoms with E-state index in [4.69, 9.17) is 4.74 Å². The molecule has 0 saturated heterocycles. The van der Waals surface area contributed by atoms with E-state index in [0.29, 0.717) is 6.42 Å². The molecule has 0 radical (unpaired) electrons. The first-order chi connectivity index (χ1) is 9.69. The maximum absolute atomic E-state index is 12.3. The molecule has 1 rings (SSSR count). The SMILES string of the molecule is CN(C)C(=O)NC(Cc1ccccc1)C(=O)OC(C)(C)C. The van der Waals surface area contributed by atoms with Crippen molar-refractivity contribution in [2.24, 2.45) is 0 Å². The number of carbonyl (C=O) groups is 2. The molecule has 2 amide bonds. The van der Waals surface area contributed by atoms with Gasteiger partial charge in [0.05, 0.1) is 0 Å². The van der Waals surface area contributed by atoms with E-state index >= 15 is 0 Å². The van der Waals surface area contributed by atoms with Crippen molar-refractivity contribution in [3.05, 3.63) is 35.9 Å². The number of benzene rings is 1. The van der Waals surface area contributed by atoms with Gasteiger partial charge in [-0.3, -0.25) is 0 Å². The van der Waals surface area contributed by atoms with E-state index in [1.165, 1.54) is 4.90 Å². The Morgan fingerprint density at radius 1 is 1.19 bits per heavy atom. The second kappa shape index (κ2) is 7.11. The fourth-order valence-electron chi connectivity index (χ4n) is 1.69. The summed E-state index contributed by atoms with van der Waals surface area (Å²) in [5.41, 5.74) is 0.377. The molecular formula is C16H24N2O3. The number of ether oxygens (including phenoxy) is 1. The number of esters is 1. The monoisotopic (exact) mass is 292 g/mol. The Morgan fingerprint density at radius 3 is 2.24 bits per heavy atom. The van der Waals surface area contributed by atoms with Crippen LogP contribution in [-0.2, 0) is 16.0 Å². The molecule has 0 aliphatic heterocycles. The molecule has 0 heterocycles. The summed E-state index contributed by atoms with van der Waals surface area (Å²) in [6.07, 6.45) is 0.398. The Balaban J connectivity index is 2.84. The molecule has 1 aromatic carbocycles. The molecule has 0 fully saturated rings. The van der Waals surface area contributed by atoms with Gasteiger partial charge < -0.3 is 15.0 Å². The van der Waals surface area contributed by atoms with Gasteiger partial charge in [-0.05, 0) is 26.3 Å². The lowest BCUT2D eigenvalue weighted by molar-refractivity contribution is -0.157. The molecule has 1 N–H and O–H groups in total. The van der Waals surface area contributed by atoms with Gasteiger partial charge >= 0.3 is 12.0 Å². The van der Waals surface area contributed by atoms with Crippen molar-refractivity contribution >= 4 is 12.0 Å². The highest BCUT2D eigenvalue weighted by Crippen LogP contribution is 2.11. The van der Waals surface area contributed by atoms with Crippen molar-refractivity contribution in [3.8, 4) is 0 Å². The Hall–Kier alpha value is -2.04. The van der Waals surface area contributed by atoms with Crippen LogP contribution in [-0.4, -0.2) is 42.6 Å². The summed E-state index contributed by atoms with van der Waals surface area (Å²) in [5, 5.41) is 2.70. The molecule has 5 nitrogen and oxygen atoms in total. The van der Waals surface area contributed by atoms with Crippen LogP contribution in [0, 0.1) is 0 Å². The van der Waals surface area contributed by atoms with E-state index in [9.17, 15) is 9.59 Å². The third-order valence-electron chi connectivity index (χ3n) is 2.68. The Bertz CT molecular complexity index is 478. The Labute approximate surface area is 126 Å². The lowest BCUT2D eigenvalue weighted by Crippen LogP contribution is -2.48. The second-order valence-electron chi connectivity index (χ2n) is 6.12. The first-order valence-electron chi connectivity index (χ1n) is 6.93. The van der Waals surface area contributed by atoms with Crippen molar-refractivity contribution in [1.82, 2.24) is 10.2 Å². The van der Waals surface area contributed by atoms with Gasteiger partial charge in [0, 0.05) is 20.5 Å². The van der Waals surface area contributed by atoms with Crippen molar-refractivity contribution in [3.63, 3.8) is 0 Å². The van der Waals surface area contributed by atoms with Crippen LogP contribution in [0.2, 0.25) is 0 Å². The van der Waals surface area contributed by atoms with Crippen LogP contribution in [0.1, 0.15) is 26.3 Å². The number of nitrogens with one attached hydrogen (secondary N) is 1. The van der Waals surface area contributed by atoms with Crippen LogP contribution in [0.5, 0.6) is 0 Å². The number of rotatable bonds is 4. The van der Waals surface area contributed by atoms with E-state index < -0.39 is 17.6 Å². The van der Waals surface area contributed by atoms with Crippen molar-refractivity contribution in [2.75, 3.05) is 14.1 Å². The van der Waals surface area contributed by atoms with Crippen molar-refractivity contribution in [1.29, 1.82) is 0 Å². The molecule has 0 spiro atoms. The highest BCUT2D eigenvalue weighted by Gasteiger charge is 2.27. The minimum atomic E-state index is -0.707. The third kappa shape index (κ3) is 6.29. The van der Waals surface area contributed by atoms with Crippen molar-refractivity contribution in [2.45, 2.75) is 38.8 Å². The molecule has 0 aliphatic carbocycles. The number of nitrogens with zero attached hydrogens (tertiary/aromatic N) is 1. The van der Waals surface area contributed by atoms with E-state index in [1.54, 1.807) is 34.9 Å². The molecule has 5 heteroatoms. The number of hydrogen-bond acceptors (Lipinski definition) is 3. The summed E-state index contributed by atoms with van der Waals surface area (Å²) in [7, 11) is 3.26. The summed E-state index contributed by atoms with van der Waals surface area (Å²) in [4.78, 5) is 25.5. The van der Waals surface area contributed by atoms with E-state index in [0.717, 1.165) is 5.56 Å². The quantitative estimate of drug-likeness (QED) is 0.866. The second-order valence-corrected chi connectivity index (χ2v) is 6.12. The van der Waals surface area contributed by atoms with Crippen LogP contribution >= 0.6 is 0 Å². The lowest BCUT2D eigenvalue weighted by atomic mass is 10.1. The van der Waals surface area contributed by atoms with Crippen LogP contribution in [0.4, 0.5) is 4.79 Å². The minimum absolute atomic E-state index is 0.318. The van der Waals surface area contributed by atoms with Gasteiger partial charge in [0.25, 0.3) is 0 Å². The molecule has 1 unspecified atom stereocenters. The van der Waals surface area contributed by atoms with Gasteiger partial charge in [0.15, 0.2) is 0 Å². The van der Waals surface area contributed by atoms with Gasteiger partial charge in [-0.1, -0.05) is 30.3 Å². The van der Waals surface area contributed by atoms with Gasteiger partial charge in [-0.2, -0.15) is 0 Å². The summed E-state index contributed by atoms with van der Waals surface area (Å²) >= 11 is 0. The van der Waals surface area contributed by atoms with E-state index in [2.05, 4.69) is 5.32 Å². The van der Waals surface area contributed by atoms with Crippen molar-refractivity contribution < 1.29 is 14.3 Å². The topological polar surface area (TPSA) is 58.6 Å². The van der Waals surface area contributed by atoms with E-state index in [1.807, 2.05) is 30.3 Å². The summed E-state index contributed by atoms with van der Waals surface area (Å²) in [6.45, 7) is 5.41. The highest BCUT2D eigenvalue weighted by molar-refractivity contribution is 5.83. The fourth-order valence-corrected chi connectivity index (χ4v) is 1.69. The number of carbonyl (C=O) groups excluding carboxylic acids is 2. The van der Waals surface area contributed by atoms with Crippen LogP contribution in [0.15, 0.2) is 30.3 Å². The Morgan fingerprint density at radius 2 is 1.76 bits per heavy atom. The maximum atomic E-state index is 12.3. The number of hydrogen-bond donors (Lipinski definition) is 1. The molecule has 1 aromatic rings. The molecule has 21 heavy (non-hydrogen) atoms. The largest absolute Gasteiger partial charge is 0.458 e. The van der Waals surface area contributed by atoms with Crippen LogP contribution in [0.25, 0.3) is 0 Å². The summed E-state index contributed by atoms with van der Waals surface area (Å²) in [6, 6.07) is 8.51. The summed E-state index contributed by atoms with van der Waals surface area (Å²) in [5.74, 6) is -0.429. The fraction of sp³-hybridized carbons (Fsp3) is 0.500. The Kier molecular flexibility index (Phi) is 5.76.